The summed E-state index contributed by atoms with van der Waals surface area (Å²) in [7, 11) is 0. The molecule has 20 heavy (non-hydrogen) atoms. The van der Waals surface area contributed by atoms with E-state index in [1.807, 2.05) is 26.0 Å². The van der Waals surface area contributed by atoms with Crippen LogP contribution in [0.3, 0.4) is 0 Å². The normalized spacial score (nSPS) is 14.6. The number of phenolic OH excluding ortho intramolecular Hbond substituents is 1. The lowest BCUT2D eigenvalue weighted by Gasteiger charge is -2.10. The Morgan fingerprint density at radius 1 is 1.20 bits per heavy atom. The second-order valence-corrected chi connectivity index (χ2v) is 6.71. The number of halogens is 2. The maximum Gasteiger partial charge on any atom is 0.161 e. The first-order valence-corrected chi connectivity index (χ1v) is 7.96. The summed E-state index contributed by atoms with van der Waals surface area (Å²) in [5.41, 5.74) is 3.61. The Morgan fingerprint density at radius 2 is 1.80 bits per heavy atom. The summed E-state index contributed by atoms with van der Waals surface area (Å²) in [6.07, 6.45) is 2.35. The largest absolute Gasteiger partial charge is 0.507 e. The van der Waals surface area contributed by atoms with E-state index in [0.717, 1.165) is 26.0 Å². The van der Waals surface area contributed by atoms with Crippen LogP contribution in [-0.4, -0.2) is 15.1 Å². The van der Waals surface area contributed by atoms with Gasteiger partial charge in [-0.05, 0) is 72.5 Å². The quantitative estimate of drug-likeness (QED) is 0.592. The summed E-state index contributed by atoms with van der Waals surface area (Å²) in [5.74, 6) is 1.50. The highest BCUT2D eigenvalue weighted by Gasteiger charge is 2.29. The zero-order chi connectivity index (χ0) is 14.4. The second kappa shape index (κ2) is 5.15. The van der Waals surface area contributed by atoms with Crippen molar-refractivity contribution in [3.8, 4) is 17.1 Å². The predicted molar refractivity (Wildman–Crippen MR) is 88.3 cm³/mol. The Kier molecular flexibility index (Phi) is 3.62. The number of nitrogens with zero attached hydrogens (tertiary/aromatic N) is 2. The Balaban J connectivity index is 2.15. The van der Waals surface area contributed by atoms with Gasteiger partial charge in [0.05, 0.1) is 9.26 Å². The molecule has 1 heterocycles. The van der Waals surface area contributed by atoms with E-state index < -0.39 is 0 Å². The van der Waals surface area contributed by atoms with Crippen LogP contribution in [0.5, 0.6) is 5.75 Å². The van der Waals surface area contributed by atoms with Crippen LogP contribution in [-0.2, 0) is 0 Å². The van der Waals surface area contributed by atoms with Crippen molar-refractivity contribution in [2.75, 3.05) is 0 Å². The number of rotatable bonds is 2. The van der Waals surface area contributed by atoms with Crippen molar-refractivity contribution in [3.05, 3.63) is 37.7 Å². The second-order valence-electron chi connectivity index (χ2n) is 5.27. The Hall–Kier alpha value is -0.880. The molecule has 1 saturated carbocycles. The van der Waals surface area contributed by atoms with Gasteiger partial charge in [0.2, 0.25) is 0 Å². The number of aromatic hydroxyl groups is 1. The van der Waals surface area contributed by atoms with Crippen molar-refractivity contribution in [2.24, 2.45) is 0 Å². The summed E-state index contributed by atoms with van der Waals surface area (Å²) in [6, 6.07) is 3.80. The van der Waals surface area contributed by atoms with E-state index in [2.05, 4.69) is 27.6 Å². The molecule has 1 aromatic heterocycles. The van der Waals surface area contributed by atoms with Gasteiger partial charge in [0.15, 0.2) is 5.82 Å². The molecule has 3 nitrogen and oxygen atoms in total. The van der Waals surface area contributed by atoms with E-state index in [1.54, 1.807) is 0 Å². The van der Waals surface area contributed by atoms with Gasteiger partial charge in [-0.3, -0.25) is 0 Å². The average molecular weight is 401 g/mol. The van der Waals surface area contributed by atoms with E-state index in [4.69, 9.17) is 16.6 Å². The average Bonchev–Trinajstić information content (AvgIpc) is 3.22. The summed E-state index contributed by atoms with van der Waals surface area (Å²) in [5, 5.41) is 10.4. The van der Waals surface area contributed by atoms with Crippen LogP contribution < -0.4 is 0 Å². The van der Waals surface area contributed by atoms with Gasteiger partial charge in [0.25, 0.3) is 0 Å². The van der Waals surface area contributed by atoms with Crippen molar-refractivity contribution in [2.45, 2.75) is 32.6 Å². The SMILES string of the molecule is Cc1cc(-c2nc(Cl)c(I)c(C3CC3)n2)cc(C)c1O. The molecule has 1 aliphatic rings. The highest BCUT2D eigenvalue weighted by atomic mass is 127. The molecule has 104 valence electrons. The van der Waals surface area contributed by atoms with Crippen LogP contribution >= 0.6 is 34.2 Å². The first-order chi connectivity index (χ1) is 9.47. The van der Waals surface area contributed by atoms with Gasteiger partial charge in [-0.15, -0.1) is 0 Å². The lowest BCUT2D eigenvalue weighted by Crippen LogP contribution is -2.00. The van der Waals surface area contributed by atoms with Crippen LogP contribution in [0, 0.1) is 17.4 Å². The zero-order valence-electron chi connectivity index (χ0n) is 11.2. The molecule has 0 amide bonds. The monoisotopic (exact) mass is 400 g/mol. The van der Waals surface area contributed by atoms with E-state index in [-0.39, 0.29) is 0 Å². The van der Waals surface area contributed by atoms with Gasteiger partial charge in [0.1, 0.15) is 10.9 Å². The van der Waals surface area contributed by atoms with Crippen LogP contribution in [0.1, 0.15) is 35.6 Å². The number of hydrogen-bond donors (Lipinski definition) is 1. The topological polar surface area (TPSA) is 46.0 Å². The van der Waals surface area contributed by atoms with Crippen molar-refractivity contribution in [1.82, 2.24) is 9.97 Å². The fourth-order valence-electron chi connectivity index (χ4n) is 2.28. The molecule has 0 aliphatic heterocycles. The number of phenols is 1. The first kappa shape index (κ1) is 14.1. The third-order valence-corrected chi connectivity index (χ3v) is 5.21. The molecule has 0 spiro atoms. The van der Waals surface area contributed by atoms with Gasteiger partial charge in [-0.25, -0.2) is 9.97 Å². The van der Waals surface area contributed by atoms with E-state index in [9.17, 15) is 5.11 Å². The fraction of sp³-hybridized carbons (Fsp3) is 0.333. The molecule has 0 radical (unpaired) electrons. The molecule has 0 unspecified atom stereocenters. The molecule has 1 N–H and O–H groups in total. The summed E-state index contributed by atoms with van der Waals surface area (Å²) >= 11 is 8.46. The van der Waals surface area contributed by atoms with Gasteiger partial charge < -0.3 is 5.11 Å². The third-order valence-electron chi connectivity index (χ3n) is 3.55. The van der Waals surface area contributed by atoms with Gasteiger partial charge in [0, 0.05) is 11.5 Å². The molecule has 0 bridgehead atoms. The van der Waals surface area contributed by atoms with E-state index >= 15 is 0 Å². The maximum absolute atomic E-state index is 9.86. The zero-order valence-corrected chi connectivity index (χ0v) is 14.2. The maximum atomic E-state index is 9.86. The summed E-state index contributed by atoms with van der Waals surface area (Å²) < 4.78 is 0.961. The van der Waals surface area contributed by atoms with Crippen molar-refractivity contribution in [3.63, 3.8) is 0 Å². The Bertz CT molecular complexity index is 676. The number of benzene rings is 1. The smallest absolute Gasteiger partial charge is 0.161 e. The van der Waals surface area contributed by atoms with Gasteiger partial charge in [-0.2, -0.15) is 0 Å². The van der Waals surface area contributed by atoms with Crippen molar-refractivity contribution < 1.29 is 5.11 Å². The van der Waals surface area contributed by atoms with Crippen LogP contribution in [0.4, 0.5) is 0 Å². The Morgan fingerprint density at radius 3 is 2.35 bits per heavy atom. The van der Waals surface area contributed by atoms with E-state index in [0.29, 0.717) is 22.6 Å². The van der Waals surface area contributed by atoms with E-state index in [1.165, 1.54) is 12.8 Å². The van der Waals surface area contributed by atoms with Gasteiger partial charge >= 0.3 is 0 Å². The molecule has 1 aliphatic carbocycles. The lowest BCUT2D eigenvalue weighted by molar-refractivity contribution is 0.467. The minimum atomic E-state index is 0.327. The lowest BCUT2D eigenvalue weighted by atomic mass is 10.1. The summed E-state index contributed by atoms with van der Waals surface area (Å²) in [6.45, 7) is 3.75. The predicted octanol–water partition coefficient (Wildman–Crippen LogP) is 4.60. The van der Waals surface area contributed by atoms with Crippen molar-refractivity contribution >= 4 is 34.2 Å². The fourth-order valence-corrected chi connectivity index (χ4v) is 3.14. The van der Waals surface area contributed by atoms with Crippen LogP contribution in [0.25, 0.3) is 11.4 Å². The minimum Gasteiger partial charge on any atom is -0.507 e. The summed E-state index contributed by atoms with van der Waals surface area (Å²) in [4.78, 5) is 9.08. The molecule has 3 rings (SSSR count). The standard InChI is InChI=1S/C15H14ClIN2O/c1-7-5-10(6-8(2)13(7)20)15-18-12(9-3-4-9)11(17)14(16)19-15/h5-6,9,20H,3-4H2,1-2H3. The number of aromatic nitrogens is 2. The van der Waals surface area contributed by atoms with Crippen LogP contribution in [0.15, 0.2) is 12.1 Å². The molecule has 1 aromatic carbocycles. The molecule has 1 fully saturated rings. The first-order valence-electron chi connectivity index (χ1n) is 6.51. The Labute approximate surface area is 136 Å². The molecule has 5 heteroatoms. The minimum absolute atomic E-state index is 0.327. The molecule has 0 saturated heterocycles. The number of aryl methyl sites for hydroxylation is 2. The highest BCUT2D eigenvalue weighted by molar-refractivity contribution is 14.1. The highest BCUT2D eigenvalue weighted by Crippen LogP contribution is 2.43. The third kappa shape index (κ3) is 2.51. The van der Waals surface area contributed by atoms with Crippen molar-refractivity contribution in [1.29, 1.82) is 0 Å². The molecular weight excluding hydrogens is 387 g/mol. The molecule has 0 atom stereocenters. The van der Waals surface area contributed by atoms with Crippen LogP contribution in [0.2, 0.25) is 5.15 Å². The number of hydrogen-bond acceptors (Lipinski definition) is 3. The van der Waals surface area contributed by atoms with Gasteiger partial charge in [-0.1, -0.05) is 11.6 Å². The molecule has 2 aromatic rings. The molecular formula is C15H14ClIN2O.